The molecule has 1 amide bonds. The minimum Gasteiger partial charge on any atom is -0.444 e. The molecule has 3 nitrogen and oxygen atoms in total. The van der Waals surface area contributed by atoms with Gasteiger partial charge in [-0.1, -0.05) is 15.9 Å². The summed E-state index contributed by atoms with van der Waals surface area (Å²) in [5, 5.41) is 0.469. The second-order valence-electron chi connectivity index (χ2n) is 6.58. The van der Waals surface area contributed by atoms with E-state index in [0.717, 1.165) is 4.90 Å². The Labute approximate surface area is 118 Å². The van der Waals surface area contributed by atoms with E-state index in [9.17, 15) is 18.0 Å². The third kappa shape index (κ3) is 2.23. The molecule has 2 bridgehead atoms. The largest absolute Gasteiger partial charge is 0.444 e. The van der Waals surface area contributed by atoms with Crippen molar-refractivity contribution in [2.75, 3.05) is 11.9 Å². The van der Waals surface area contributed by atoms with Crippen LogP contribution in [-0.2, 0) is 4.74 Å². The molecule has 3 aliphatic rings. The molecule has 0 atom stereocenters. The van der Waals surface area contributed by atoms with Crippen molar-refractivity contribution in [3.8, 4) is 0 Å². The SMILES string of the molecule is CC(C)(C)OC(=O)N1CC2(CBr)CC1(C(F)(F)F)C2. The summed E-state index contributed by atoms with van der Waals surface area (Å²) < 4.78 is 44.9. The van der Waals surface area contributed by atoms with Gasteiger partial charge in [0.1, 0.15) is 11.1 Å². The first-order valence-corrected chi connectivity index (χ1v) is 7.20. The summed E-state index contributed by atoms with van der Waals surface area (Å²) in [5.74, 6) is 0. The summed E-state index contributed by atoms with van der Waals surface area (Å²) in [7, 11) is 0. The van der Waals surface area contributed by atoms with Gasteiger partial charge in [-0.15, -0.1) is 0 Å². The van der Waals surface area contributed by atoms with Crippen LogP contribution in [0.2, 0.25) is 0 Å². The smallest absolute Gasteiger partial charge is 0.411 e. The lowest BCUT2D eigenvalue weighted by atomic mass is 9.62. The molecule has 19 heavy (non-hydrogen) atoms. The minimum atomic E-state index is -4.41. The van der Waals surface area contributed by atoms with Crippen LogP contribution in [0.5, 0.6) is 0 Å². The van der Waals surface area contributed by atoms with Crippen molar-refractivity contribution in [3.05, 3.63) is 0 Å². The van der Waals surface area contributed by atoms with Gasteiger partial charge >= 0.3 is 12.3 Å². The zero-order valence-corrected chi connectivity index (χ0v) is 12.7. The number of rotatable bonds is 1. The van der Waals surface area contributed by atoms with Crippen molar-refractivity contribution in [2.45, 2.75) is 50.9 Å². The molecule has 1 saturated carbocycles. The average molecular weight is 344 g/mol. The Balaban J connectivity index is 2.23. The summed E-state index contributed by atoms with van der Waals surface area (Å²) in [6, 6.07) is 0. The number of ether oxygens (including phenoxy) is 1. The molecule has 110 valence electrons. The van der Waals surface area contributed by atoms with E-state index >= 15 is 0 Å². The normalized spacial score (nSPS) is 34.2. The summed E-state index contributed by atoms with van der Waals surface area (Å²) in [4.78, 5) is 12.9. The van der Waals surface area contributed by atoms with Crippen LogP contribution in [0.4, 0.5) is 18.0 Å². The molecule has 2 saturated heterocycles. The molecule has 2 heterocycles. The highest BCUT2D eigenvalue weighted by atomic mass is 79.9. The Morgan fingerprint density at radius 2 is 1.84 bits per heavy atom. The standard InChI is InChI=1S/C12H17BrF3NO2/c1-9(2,3)19-8(18)17-7-10(6-13)4-11(17,5-10)12(14,15)16/h4-7H2,1-3H3. The maximum absolute atomic E-state index is 13.3. The van der Waals surface area contributed by atoms with Gasteiger partial charge in [-0.05, 0) is 33.6 Å². The summed E-state index contributed by atoms with van der Waals surface area (Å²) in [6.07, 6.45) is -5.35. The van der Waals surface area contributed by atoms with E-state index < -0.39 is 28.8 Å². The first-order valence-electron chi connectivity index (χ1n) is 6.08. The first-order chi connectivity index (χ1) is 8.45. The monoisotopic (exact) mass is 343 g/mol. The topological polar surface area (TPSA) is 29.5 Å². The zero-order valence-electron chi connectivity index (χ0n) is 11.1. The van der Waals surface area contributed by atoms with Gasteiger partial charge in [-0.2, -0.15) is 13.2 Å². The van der Waals surface area contributed by atoms with Gasteiger partial charge in [0.25, 0.3) is 0 Å². The van der Waals surface area contributed by atoms with Crippen molar-refractivity contribution in [1.29, 1.82) is 0 Å². The highest BCUT2D eigenvalue weighted by Crippen LogP contribution is 2.65. The number of carbonyl (C=O) groups is 1. The number of carbonyl (C=O) groups excluding carboxylic acids is 1. The van der Waals surface area contributed by atoms with Crippen molar-refractivity contribution in [2.24, 2.45) is 5.41 Å². The van der Waals surface area contributed by atoms with Crippen LogP contribution < -0.4 is 0 Å². The lowest BCUT2D eigenvalue weighted by Crippen LogP contribution is -2.61. The Morgan fingerprint density at radius 3 is 2.21 bits per heavy atom. The van der Waals surface area contributed by atoms with Gasteiger partial charge in [0, 0.05) is 17.3 Å². The molecule has 0 aromatic rings. The van der Waals surface area contributed by atoms with E-state index in [-0.39, 0.29) is 19.4 Å². The van der Waals surface area contributed by atoms with Crippen LogP contribution in [0.3, 0.4) is 0 Å². The molecule has 1 aliphatic carbocycles. The van der Waals surface area contributed by atoms with Crippen molar-refractivity contribution >= 4 is 22.0 Å². The molecule has 0 aromatic carbocycles. The van der Waals surface area contributed by atoms with Crippen molar-refractivity contribution < 1.29 is 22.7 Å². The number of halogens is 4. The van der Waals surface area contributed by atoms with Crippen LogP contribution in [-0.4, -0.2) is 40.2 Å². The number of hydrogen-bond donors (Lipinski definition) is 0. The van der Waals surface area contributed by atoms with Gasteiger partial charge in [0.2, 0.25) is 0 Å². The fourth-order valence-corrected chi connectivity index (χ4v) is 3.60. The highest BCUT2D eigenvalue weighted by Gasteiger charge is 2.77. The highest BCUT2D eigenvalue weighted by molar-refractivity contribution is 9.09. The molecule has 0 spiro atoms. The molecular weight excluding hydrogens is 327 g/mol. The van der Waals surface area contributed by atoms with Gasteiger partial charge in [-0.3, -0.25) is 4.90 Å². The van der Waals surface area contributed by atoms with Gasteiger partial charge < -0.3 is 4.74 Å². The Bertz CT molecular complexity index is 397. The van der Waals surface area contributed by atoms with E-state index in [1.807, 2.05) is 0 Å². The number of hydrogen-bond acceptors (Lipinski definition) is 2. The lowest BCUT2D eigenvalue weighted by Gasteiger charge is -2.47. The molecule has 7 heteroatoms. The molecule has 3 rings (SSSR count). The Kier molecular flexibility index (Phi) is 3.16. The predicted octanol–water partition coefficient (Wildman–Crippen LogP) is 3.71. The van der Waals surface area contributed by atoms with E-state index in [0.29, 0.717) is 5.33 Å². The molecule has 0 N–H and O–H groups in total. The van der Waals surface area contributed by atoms with Crippen molar-refractivity contribution in [1.82, 2.24) is 4.90 Å². The van der Waals surface area contributed by atoms with E-state index in [4.69, 9.17) is 4.74 Å². The molecule has 0 unspecified atom stereocenters. The summed E-state index contributed by atoms with van der Waals surface area (Å²) >= 11 is 3.25. The second kappa shape index (κ2) is 4.02. The number of alkyl halides is 4. The van der Waals surface area contributed by atoms with Gasteiger partial charge in [-0.25, -0.2) is 4.79 Å². The fourth-order valence-electron chi connectivity index (χ4n) is 3.02. The van der Waals surface area contributed by atoms with Gasteiger partial charge in [0.05, 0.1) is 0 Å². The molecular formula is C12H17BrF3NO2. The number of fused-ring (bicyclic) bond motifs is 1. The van der Waals surface area contributed by atoms with Crippen molar-refractivity contribution in [3.63, 3.8) is 0 Å². The second-order valence-corrected chi connectivity index (χ2v) is 7.14. The quantitative estimate of drug-likeness (QED) is 0.679. The number of nitrogens with zero attached hydrogens (tertiary/aromatic N) is 1. The van der Waals surface area contributed by atoms with Crippen LogP contribution in [0.1, 0.15) is 33.6 Å². The van der Waals surface area contributed by atoms with E-state index in [1.54, 1.807) is 20.8 Å². The third-order valence-corrected chi connectivity index (χ3v) is 4.96. The van der Waals surface area contributed by atoms with Crippen LogP contribution >= 0.6 is 15.9 Å². The van der Waals surface area contributed by atoms with E-state index in [2.05, 4.69) is 15.9 Å². The Hall–Kier alpha value is -0.460. The average Bonchev–Trinajstić information content (AvgIpc) is 2.63. The molecule has 2 aliphatic heterocycles. The maximum Gasteiger partial charge on any atom is 0.411 e. The van der Waals surface area contributed by atoms with Gasteiger partial charge in [0.15, 0.2) is 0 Å². The number of amides is 1. The van der Waals surface area contributed by atoms with E-state index in [1.165, 1.54) is 0 Å². The molecule has 3 fully saturated rings. The fraction of sp³-hybridized carbons (Fsp3) is 0.917. The maximum atomic E-state index is 13.3. The van der Waals surface area contributed by atoms with Crippen LogP contribution in [0.15, 0.2) is 0 Å². The third-order valence-electron chi connectivity index (χ3n) is 3.77. The summed E-state index contributed by atoms with van der Waals surface area (Å²) in [5.41, 5.74) is -3.27. The zero-order chi connectivity index (χ0) is 14.7. The molecule has 0 radical (unpaired) electrons. The molecule has 0 aromatic heterocycles. The van der Waals surface area contributed by atoms with Crippen LogP contribution in [0, 0.1) is 5.41 Å². The Morgan fingerprint density at radius 1 is 1.32 bits per heavy atom. The van der Waals surface area contributed by atoms with Crippen LogP contribution in [0.25, 0.3) is 0 Å². The first kappa shape index (κ1) is 14.9. The predicted molar refractivity (Wildman–Crippen MR) is 67.2 cm³/mol. The summed E-state index contributed by atoms with van der Waals surface area (Å²) in [6.45, 7) is 5.04. The lowest BCUT2D eigenvalue weighted by molar-refractivity contribution is -0.239. The minimum absolute atomic E-state index is 0.0337.